The molecule has 1 heterocycles. The van der Waals surface area contributed by atoms with E-state index in [1.54, 1.807) is 12.1 Å². The molecule has 0 radical (unpaired) electrons. The third kappa shape index (κ3) is 2.32. The molecule has 18 heavy (non-hydrogen) atoms. The molecule has 0 amide bonds. The van der Waals surface area contributed by atoms with Crippen LogP contribution in [0.4, 0.5) is 4.39 Å². The molecule has 0 aliphatic carbocycles. The minimum atomic E-state index is -0.348. The molecule has 6 heteroatoms. The number of hydrogen-bond acceptors (Lipinski definition) is 4. The van der Waals surface area contributed by atoms with Crippen molar-refractivity contribution in [2.75, 3.05) is 7.11 Å². The van der Waals surface area contributed by atoms with E-state index in [-0.39, 0.29) is 11.6 Å². The molecule has 0 spiro atoms. The quantitative estimate of drug-likeness (QED) is 0.833. The monoisotopic (exact) mass is 250 g/mol. The van der Waals surface area contributed by atoms with E-state index in [0.29, 0.717) is 23.6 Å². The Morgan fingerprint density at radius 2 is 2.17 bits per heavy atom. The molecule has 5 nitrogen and oxygen atoms in total. The lowest BCUT2D eigenvalue weighted by molar-refractivity contribution is 0.382. The number of tetrazole rings is 1. The molecule has 0 aliphatic heterocycles. The van der Waals surface area contributed by atoms with Crippen LogP contribution in [0.5, 0.6) is 5.75 Å². The molecule has 0 unspecified atom stereocenters. The summed E-state index contributed by atoms with van der Waals surface area (Å²) in [6, 6.07) is 3.34. The molecule has 0 N–H and O–H groups in total. The van der Waals surface area contributed by atoms with Gasteiger partial charge < -0.3 is 4.74 Å². The fourth-order valence-corrected chi connectivity index (χ4v) is 1.84. The highest BCUT2D eigenvalue weighted by Crippen LogP contribution is 2.27. The second kappa shape index (κ2) is 5.12. The number of aromatic nitrogens is 4. The average Bonchev–Trinajstić information content (AvgIpc) is 2.84. The van der Waals surface area contributed by atoms with Crippen LogP contribution in [-0.4, -0.2) is 27.3 Å². The smallest absolute Gasteiger partial charge is 0.170 e. The van der Waals surface area contributed by atoms with Crippen molar-refractivity contribution in [3.63, 3.8) is 0 Å². The summed E-state index contributed by atoms with van der Waals surface area (Å²) in [5.74, 6) is 0.212. The molecule has 1 aromatic carbocycles. The maximum atomic E-state index is 14.3. The van der Waals surface area contributed by atoms with Gasteiger partial charge >= 0.3 is 0 Å². The SMILES string of the molecule is COc1ccc(-n2cnnn2)c(CC(C)C)c1F. The van der Waals surface area contributed by atoms with Crippen LogP contribution < -0.4 is 4.74 Å². The Bertz CT molecular complexity index is 525. The molecule has 0 aliphatic rings. The first-order chi connectivity index (χ1) is 8.63. The lowest BCUT2D eigenvalue weighted by Crippen LogP contribution is -2.07. The van der Waals surface area contributed by atoms with Crippen LogP contribution >= 0.6 is 0 Å². The topological polar surface area (TPSA) is 52.8 Å². The number of methoxy groups -OCH3 is 1. The maximum absolute atomic E-state index is 14.3. The lowest BCUT2D eigenvalue weighted by Gasteiger charge is -2.14. The van der Waals surface area contributed by atoms with Crippen LogP contribution in [0.15, 0.2) is 18.5 Å². The Balaban J connectivity index is 2.55. The van der Waals surface area contributed by atoms with Crippen molar-refractivity contribution < 1.29 is 9.13 Å². The highest BCUT2D eigenvalue weighted by Gasteiger charge is 2.17. The van der Waals surface area contributed by atoms with Gasteiger partial charge in [-0.05, 0) is 34.9 Å². The molecule has 0 fully saturated rings. The van der Waals surface area contributed by atoms with Crippen LogP contribution in [0.2, 0.25) is 0 Å². The van der Waals surface area contributed by atoms with Gasteiger partial charge in [-0.3, -0.25) is 0 Å². The zero-order chi connectivity index (χ0) is 13.1. The van der Waals surface area contributed by atoms with Gasteiger partial charge in [-0.1, -0.05) is 13.8 Å². The van der Waals surface area contributed by atoms with Crippen LogP contribution in [0, 0.1) is 11.7 Å². The van der Waals surface area contributed by atoms with Crippen molar-refractivity contribution in [3.05, 3.63) is 29.8 Å². The van der Waals surface area contributed by atoms with Crippen molar-refractivity contribution in [1.29, 1.82) is 0 Å². The number of halogens is 1. The van der Waals surface area contributed by atoms with Crippen LogP contribution in [0.1, 0.15) is 19.4 Å². The Labute approximate surface area is 105 Å². The second-order valence-corrected chi connectivity index (χ2v) is 4.43. The first-order valence-corrected chi connectivity index (χ1v) is 5.72. The van der Waals surface area contributed by atoms with Gasteiger partial charge in [0.05, 0.1) is 12.8 Å². The van der Waals surface area contributed by atoms with Gasteiger partial charge in [-0.2, -0.15) is 0 Å². The summed E-state index contributed by atoms with van der Waals surface area (Å²) in [6.07, 6.45) is 2.04. The average molecular weight is 250 g/mol. The Kier molecular flexibility index (Phi) is 3.55. The van der Waals surface area contributed by atoms with E-state index >= 15 is 0 Å². The summed E-state index contributed by atoms with van der Waals surface area (Å²) in [7, 11) is 1.45. The molecule has 0 saturated carbocycles. The Hall–Kier alpha value is -1.98. The summed E-state index contributed by atoms with van der Waals surface area (Å²) < 4.78 is 20.7. The van der Waals surface area contributed by atoms with Gasteiger partial charge in [0.1, 0.15) is 6.33 Å². The second-order valence-electron chi connectivity index (χ2n) is 4.43. The third-order valence-electron chi connectivity index (χ3n) is 2.61. The minimum Gasteiger partial charge on any atom is -0.494 e. The first kappa shape index (κ1) is 12.5. The van der Waals surface area contributed by atoms with Gasteiger partial charge in [-0.15, -0.1) is 5.10 Å². The van der Waals surface area contributed by atoms with E-state index in [2.05, 4.69) is 15.5 Å². The number of nitrogens with zero attached hydrogens (tertiary/aromatic N) is 4. The zero-order valence-electron chi connectivity index (χ0n) is 10.6. The van der Waals surface area contributed by atoms with Gasteiger partial charge in [-0.25, -0.2) is 9.07 Å². The van der Waals surface area contributed by atoms with E-state index in [9.17, 15) is 4.39 Å². The predicted octanol–water partition coefficient (Wildman–Crippen LogP) is 2.01. The van der Waals surface area contributed by atoms with Crippen LogP contribution in [-0.2, 0) is 6.42 Å². The fraction of sp³-hybridized carbons (Fsp3) is 0.417. The molecule has 0 atom stereocenters. The minimum absolute atomic E-state index is 0.238. The Morgan fingerprint density at radius 1 is 1.39 bits per heavy atom. The van der Waals surface area contributed by atoms with Gasteiger partial charge in [0.25, 0.3) is 0 Å². The van der Waals surface area contributed by atoms with Gasteiger partial charge in [0.15, 0.2) is 11.6 Å². The Morgan fingerprint density at radius 3 is 2.72 bits per heavy atom. The van der Waals surface area contributed by atoms with E-state index in [1.807, 2.05) is 13.8 Å². The molecular weight excluding hydrogens is 235 g/mol. The number of ether oxygens (including phenoxy) is 1. The fourth-order valence-electron chi connectivity index (χ4n) is 1.84. The normalized spacial score (nSPS) is 10.9. The van der Waals surface area contributed by atoms with Crippen molar-refractivity contribution in [3.8, 4) is 11.4 Å². The number of hydrogen-bond donors (Lipinski definition) is 0. The maximum Gasteiger partial charge on any atom is 0.170 e. The number of benzene rings is 1. The summed E-state index contributed by atoms with van der Waals surface area (Å²) in [5.41, 5.74) is 1.21. The molecule has 2 rings (SSSR count). The van der Waals surface area contributed by atoms with Crippen molar-refractivity contribution in [2.24, 2.45) is 5.92 Å². The highest BCUT2D eigenvalue weighted by molar-refractivity contribution is 5.46. The largest absolute Gasteiger partial charge is 0.494 e. The van der Waals surface area contributed by atoms with Crippen LogP contribution in [0.25, 0.3) is 5.69 Å². The van der Waals surface area contributed by atoms with E-state index < -0.39 is 0 Å². The molecular formula is C12H15FN4O. The summed E-state index contributed by atoms with van der Waals surface area (Å²) >= 11 is 0. The first-order valence-electron chi connectivity index (χ1n) is 5.72. The predicted molar refractivity (Wildman–Crippen MR) is 64.2 cm³/mol. The molecule has 0 saturated heterocycles. The van der Waals surface area contributed by atoms with Gasteiger partial charge in [0, 0.05) is 5.56 Å². The third-order valence-corrected chi connectivity index (χ3v) is 2.61. The molecule has 2 aromatic rings. The standard InChI is InChI=1S/C12H15FN4O/c1-8(2)6-9-10(17-7-14-15-16-17)4-5-11(18-3)12(9)13/h4-5,7-8H,6H2,1-3H3. The molecule has 96 valence electrons. The lowest BCUT2D eigenvalue weighted by atomic mass is 10.00. The highest BCUT2D eigenvalue weighted by atomic mass is 19.1. The summed E-state index contributed by atoms with van der Waals surface area (Å²) in [5, 5.41) is 10.9. The van der Waals surface area contributed by atoms with E-state index in [1.165, 1.54) is 18.1 Å². The van der Waals surface area contributed by atoms with Crippen molar-refractivity contribution >= 4 is 0 Å². The van der Waals surface area contributed by atoms with Gasteiger partial charge in [0.2, 0.25) is 0 Å². The molecule has 0 bridgehead atoms. The summed E-state index contributed by atoms with van der Waals surface area (Å²) in [4.78, 5) is 0. The van der Waals surface area contributed by atoms with Crippen LogP contribution in [0.3, 0.4) is 0 Å². The number of rotatable bonds is 4. The summed E-state index contributed by atoms with van der Waals surface area (Å²) in [6.45, 7) is 4.06. The zero-order valence-corrected chi connectivity index (χ0v) is 10.6. The van der Waals surface area contributed by atoms with E-state index in [0.717, 1.165) is 0 Å². The van der Waals surface area contributed by atoms with Crippen molar-refractivity contribution in [1.82, 2.24) is 20.2 Å². The van der Waals surface area contributed by atoms with E-state index in [4.69, 9.17) is 4.74 Å². The van der Waals surface area contributed by atoms with Crippen molar-refractivity contribution in [2.45, 2.75) is 20.3 Å². The molecule has 1 aromatic heterocycles.